The average molecular weight is 660 g/mol. The van der Waals surface area contributed by atoms with Crippen molar-refractivity contribution >= 4 is 11.9 Å². The van der Waals surface area contributed by atoms with E-state index in [9.17, 15) is 9.59 Å². The van der Waals surface area contributed by atoms with E-state index in [1.54, 1.807) is 0 Å². The summed E-state index contributed by atoms with van der Waals surface area (Å²) in [5.41, 5.74) is 0.0399. The van der Waals surface area contributed by atoms with Gasteiger partial charge in [-0.05, 0) is 71.1 Å². The third kappa shape index (κ3) is 22.4. The minimum Gasteiger partial charge on any atom is -0.462 e. The van der Waals surface area contributed by atoms with Gasteiger partial charge in [-0.1, -0.05) is 129 Å². The van der Waals surface area contributed by atoms with E-state index in [2.05, 4.69) is 41.2 Å². The first-order valence-electron chi connectivity index (χ1n) is 20.0. The van der Waals surface area contributed by atoms with E-state index in [0.717, 1.165) is 57.8 Å². The molecule has 2 heterocycles. The van der Waals surface area contributed by atoms with E-state index in [-0.39, 0.29) is 29.9 Å². The lowest BCUT2D eigenvalue weighted by atomic mass is 9.98. The molecule has 271 valence electrons. The van der Waals surface area contributed by atoms with Gasteiger partial charge in [-0.25, -0.2) is 0 Å². The maximum absolute atomic E-state index is 12.1. The van der Waals surface area contributed by atoms with Gasteiger partial charge in [0.15, 0.2) is 11.3 Å². The topological polar surface area (TPSA) is 102 Å². The molecule has 1 unspecified atom stereocenters. The maximum atomic E-state index is 12.1. The van der Waals surface area contributed by atoms with Crippen LogP contribution in [0.15, 0.2) is 20.5 Å². The molecule has 0 amide bonds. The van der Waals surface area contributed by atoms with Gasteiger partial charge in [0.25, 0.3) is 0 Å². The minimum absolute atomic E-state index is 0.0196. The van der Waals surface area contributed by atoms with Crippen molar-refractivity contribution in [3.8, 4) is 0 Å². The summed E-state index contributed by atoms with van der Waals surface area (Å²) in [6.07, 6.45) is 33.8. The zero-order valence-electron chi connectivity index (χ0n) is 30.6. The Bertz CT molecular complexity index is 865. The molecule has 0 saturated heterocycles. The Hall–Kier alpha value is -1.86. The Balaban J connectivity index is 1.26. The van der Waals surface area contributed by atoms with Gasteiger partial charge in [-0.15, -0.1) is 0 Å². The van der Waals surface area contributed by atoms with Gasteiger partial charge in [0.05, 0.1) is 0 Å². The lowest BCUT2D eigenvalue weighted by Crippen LogP contribution is -2.22. The van der Waals surface area contributed by atoms with Gasteiger partial charge in [-0.2, -0.15) is 20.5 Å². The summed E-state index contributed by atoms with van der Waals surface area (Å²) in [6, 6.07) is 0. The number of carbonyl (C=O) groups excluding carboxylic acids is 2. The number of hydrogen-bond acceptors (Lipinski definition) is 8. The molecule has 0 N–H and O–H groups in total. The molecule has 0 aromatic heterocycles. The van der Waals surface area contributed by atoms with Gasteiger partial charge in [-0.3, -0.25) is 9.59 Å². The molecular formula is C39H71N4O4. The Morgan fingerprint density at radius 1 is 0.489 bits per heavy atom. The Kier molecular flexibility index (Phi) is 22.9. The third-order valence-corrected chi connectivity index (χ3v) is 9.77. The molecule has 0 aliphatic carbocycles. The third-order valence-electron chi connectivity index (χ3n) is 9.77. The summed E-state index contributed by atoms with van der Waals surface area (Å²) in [4.78, 5) is 24.2. The van der Waals surface area contributed by atoms with Crippen LogP contribution in [-0.2, 0) is 19.1 Å². The first kappa shape index (κ1) is 41.3. The molecule has 0 aromatic carbocycles. The van der Waals surface area contributed by atoms with E-state index in [1.807, 2.05) is 0 Å². The second kappa shape index (κ2) is 26.1. The van der Waals surface area contributed by atoms with Gasteiger partial charge in [0, 0.05) is 12.8 Å². The molecule has 0 saturated carbocycles. The van der Waals surface area contributed by atoms with E-state index in [4.69, 9.17) is 9.47 Å². The van der Waals surface area contributed by atoms with Crippen molar-refractivity contribution in [3.05, 3.63) is 6.92 Å². The number of nitrogens with zero attached hydrogens (tertiary/aromatic N) is 4. The fraction of sp³-hybridized carbons (Fsp3) is 0.923. The summed E-state index contributed by atoms with van der Waals surface area (Å²) < 4.78 is 10.6. The first-order chi connectivity index (χ1) is 22.9. The van der Waals surface area contributed by atoms with Crippen molar-refractivity contribution in [2.24, 2.45) is 20.5 Å². The van der Waals surface area contributed by atoms with Crippen molar-refractivity contribution in [3.63, 3.8) is 0 Å². The van der Waals surface area contributed by atoms with Crippen LogP contribution in [-0.4, -0.2) is 36.0 Å². The van der Waals surface area contributed by atoms with Gasteiger partial charge in [0.1, 0.15) is 12.7 Å². The van der Waals surface area contributed by atoms with Crippen LogP contribution >= 0.6 is 0 Å². The maximum Gasteiger partial charge on any atom is 0.306 e. The van der Waals surface area contributed by atoms with E-state index in [1.165, 1.54) is 122 Å². The van der Waals surface area contributed by atoms with Crippen LogP contribution in [0, 0.1) is 6.92 Å². The smallest absolute Gasteiger partial charge is 0.306 e. The molecule has 2 rings (SSSR count). The second-order valence-electron chi connectivity index (χ2n) is 14.4. The summed E-state index contributed by atoms with van der Waals surface area (Å²) in [5, 5.41) is 17.2. The summed E-state index contributed by atoms with van der Waals surface area (Å²) in [6.45, 7) is 8.33. The van der Waals surface area contributed by atoms with Crippen LogP contribution in [0.4, 0.5) is 0 Å². The number of esters is 2. The summed E-state index contributed by atoms with van der Waals surface area (Å²) in [7, 11) is 0. The van der Waals surface area contributed by atoms with Crippen LogP contribution in [0.25, 0.3) is 0 Å². The molecule has 0 fully saturated rings. The SMILES string of the molecule is [CH2]C(COC(=O)CCCCCCCCCCCCC1(CCCC)N=N1)OC(=O)CCCCCCCCCCCCC1(CCCC)N=N1. The van der Waals surface area contributed by atoms with Gasteiger partial charge >= 0.3 is 11.9 Å². The van der Waals surface area contributed by atoms with Crippen LogP contribution < -0.4 is 0 Å². The Labute approximate surface area is 288 Å². The van der Waals surface area contributed by atoms with Crippen LogP contribution in [0.2, 0.25) is 0 Å². The quantitative estimate of drug-likeness (QED) is 0.0499. The Morgan fingerprint density at radius 3 is 1.17 bits per heavy atom. The van der Waals surface area contributed by atoms with Crippen molar-refractivity contribution in [2.45, 2.75) is 224 Å². The zero-order chi connectivity index (χ0) is 33.9. The molecule has 1 radical (unpaired) electrons. The van der Waals surface area contributed by atoms with Crippen molar-refractivity contribution < 1.29 is 19.1 Å². The highest BCUT2D eigenvalue weighted by Gasteiger charge is 2.38. The van der Waals surface area contributed by atoms with Gasteiger partial charge < -0.3 is 9.47 Å². The van der Waals surface area contributed by atoms with Crippen LogP contribution in [0.1, 0.15) is 206 Å². The number of carbonyl (C=O) groups is 2. The lowest BCUT2D eigenvalue weighted by molar-refractivity contribution is -0.156. The molecule has 1 atom stereocenters. The van der Waals surface area contributed by atoms with Crippen LogP contribution in [0.3, 0.4) is 0 Å². The molecule has 8 nitrogen and oxygen atoms in total. The fourth-order valence-electron chi connectivity index (χ4n) is 6.43. The molecule has 0 bridgehead atoms. The van der Waals surface area contributed by atoms with Crippen molar-refractivity contribution in [1.29, 1.82) is 0 Å². The molecule has 47 heavy (non-hydrogen) atoms. The van der Waals surface area contributed by atoms with E-state index in [0.29, 0.717) is 12.8 Å². The van der Waals surface area contributed by atoms with E-state index < -0.39 is 6.10 Å². The Morgan fingerprint density at radius 2 is 0.809 bits per heavy atom. The molecule has 0 spiro atoms. The van der Waals surface area contributed by atoms with Crippen molar-refractivity contribution in [2.75, 3.05) is 6.61 Å². The normalized spacial score (nSPS) is 15.9. The monoisotopic (exact) mass is 660 g/mol. The molecule has 2 aliphatic heterocycles. The highest BCUT2D eigenvalue weighted by molar-refractivity contribution is 5.70. The number of unbranched alkanes of at least 4 members (excludes halogenated alkanes) is 20. The number of ether oxygens (including phenoxy) is 2. The second-order valence-corrected chi connectivity index (χ2v) is 14.4. The van der Waals surface area contributed by atoms with E-state index >= 15 is 0 Å². The highest BCUT2D eigenvalue weighted by atomic mass is 16.6. The molecule has 0 aromatic rings. The molecular weight excluding hydrogens is 588 g/mol. The molecule has 2 aliphatic rings. The van der Waals surface area contributed by atoms with Crippen molar-refractivity contribution in [1.82, 2.24) is 0 Å². The van der Waals surface area contributed by atoms with Crippen LogP contribution in [0.5, 0.6) is 0 Å². The predicted octanol–water partition coefficient (Wildman–Crippen LogP) is 12.3. The summed E-state index contributed by atoms with van der Waals surface area (Å²) in [5.74, 6) is -0.468. The summed E-state index contributed by atoms with van der Waals surface area (Å²) >= 11 is 0. The largest absolute Gasteiger partial charge is 0.462 e. The average Bonchev–Trinajstić information content (AvgIpc) is 4.00. The first-order valence-corrected chi connectivity index (χ1v) is 20.0. The number of rotatable bonds is 35. The van der Waals surface area contributed by atoms with Gasteiger partial charge in [0.2, 0.25) is 0 Å². The number of hydrogen-bond donors (Lipinski definition) is 0. The minimum atomic E-state index is -0.637. The predicted molar refractivity (Wildman–Crippen MR) is 191 cm³/mol. The fourth-order valence-corrected chi connectivity index (χ4v) is 6.43. The zero-order valence-corrected chi connectivity index (χ0v) is 30.6. The lowest BCUT2D eigenvalue weighted by Gasteiger charge is -2.13. The highest BCUT2D eigenvalue weighted by Crippen LogP contribution is 2.39. The molecule has 8 heteroatoms. The standard InChI is InChI=1S/C39H71N4O4/c1-4-6-30-38(40-41-38)32-26-22-18-14-10-8-12-16-20-24-28-36(44)46-34-35(3)47-37(45)29-25-21-17-13-9-11-15-19-23-27-33-39(42-43-39)31-7-5-2/h35H,3-34H2,1-2H3.